The second kappa shape index (κ2) is 5.76. The molecule has 4 rings (SSSR count). The summed E-state index contributed by atoms with van der Waals surface area (Å²) in [7, 11) is 0. The first-order chi connectivity index (χ1) is 10.7. The van der Waals surface area contributed by atoms with Crippen molar-refractivity contribution >= 4 is 33.2 Å². The van der Waals surface area contributed by atoms with Crippen LogP contribution in [0.15, 0.2) is 34.9 Å². The molecule has 2 fully saturated rings. The van der Waals surface area contributed by atoms with E-state index >= 15 is 0 Å². The number of carbonyl (C=O) groups is 1. The van der Waals surface area contributed by atoms with Crippen molar-refractivity contribution in [3.63, 3.8) is 0 Å². The Hall–Kier alpha value is -1.24. The number of nitrogens with one attached hydrogen (secondary N) is 2. The first-order valence-corrected chi connectivity index (χ1v) is 9.09. The minimum atomic E-state index is 0.000196. The van der Waals surface area contributed by atoms with Crippen molar-refractivity contribution in [1.82, 2.24) is 15.6 Å². The largest absolute Gasteiger partial charge is 0.347 e. The van der Waals surface area contributed by atoms with E-state index in [1.807, 2.05) is 24.3 Å². The summed E-state index contributed by atoms with van der Waals surface area (Å²) in [6, 6.07) is 9.29. The smallest absolute Gasteiger partial charge is 0.263 e. The molecule has 4 nitrogen and oxygen atoms in total. The van der Waals surface area contributed by atoms with Crippen LogP contribution in [-0.4, -0.2) is 29.0 Å². The number of fused-ring (bicyclic) bond motifs is 2. The van der Waals surface area contributed by atoms with Crippen molar-refractivity contribution in [3.05, 3.63) is 39.8 Å². The second-order valence-corrected chi connectivity index (χ2v) is 7.85. The molecule has 2 aromatic rings. The minimum absolute atomic E-state index is 0.000196. The summed E-state index contributed by atoms with van der Waals surface area (Å²) < 4.78 is 1.04. The highest BCUT2D eigenvalue weighted by molar-refractivity contribution is 9.10. The van der Waals surface area contributed by atoms with Crippen LogP contribution >= 0.6 is 27.3 Å². The molecule has 2 aliphatic rings. The van der Waals surface area contributed by atoms with Gasteiger partial charge in [0.1, 0.15) is 9.88 Å². The molecule has 2 saturated heterocycles. The van der Waals surface area contributed by atoms with E-state index in [9.17, 15) is 4.79 Å². The van der Waals surface area contributed by atoms with Crippen LogP contribution in [-0.2, 0) is 0 Å². The van der Waals surface area contributed by atoms with Gasteiger partial charge in [0.05, 0.1) is 6.20 Å². The average molecular weight is 378 g/mol. The molecule has 1 aromatic carbocycles. The summed E-state index contributed by atoms with van der Waals surface area (Å²) in [6.07, 6.45) is 5.14. The number of thiazole rings is 1. The third-order valence-electron chi connectivity index (χ3n) is 4.44. The van der Waals surface area contributed by atoms with E-state index in [1.165, 1.54) is 24.2 Å². The Labute approximate surface area is 141 Å². The van der Waals surface area contributed by atoms with E-state index in [4.69, 9.17) is 0 Å². The van der Waals surface area contributed by atoms with Gasteiger partial charge in [0, 0.05) is 28.2 Å². The molecule has 0 radical (unpaired) electrons. The first kappa shape index (κ1) is 14.4. The number of nitrogens with zero attached hydrogens (tertiary/aromatic N) is 1. The maximum atomic E-state index is 12.4. The van der Waals surface area contributed by atoms with Gasteiger partial charge in [-0.25, -0.2) is 4.98 Å². The zero-order valence-electron chi connectivity index (χ0n) is 11.9. The van der Waals surface area contributed by atoms with Gasteiger partial charge in [0.15, 0.2) is 0 Å². The SMILES string of the molecule is O=C(N[C@@H]1C[C@H]2CC[C@@H]1N2)c1cnc(-c2ccc(Br)cc2)s1. The quantitative estimate of drug-likeness (QED) is 0.863. The molecule has 2 aliphatic heterocycles. The lowest BCUT2D eigenvalue weighted by atomic mass is 9.95. The van der Waals surface area contributed by atoms with Gasteiger partial charge >= 0.3 is 0 Å². The molecular formula is C16H16BrN3OS. The number of hydrogen-bond donors (Lipinski definition) is 2. The lowest BCUT2D eigenvalue weighted by Crippen LogP contribution is -2.42. The predicted molar refractivity (Wildman–Crippen MR) is 91.1 cm³/mol. The number of hydrogen-bond acceptors (Lipinski definition) is 4. The highest BCUT2D eigenvalue weighted by Crippen LogP contribution is 2.30. The van der Waals surface area contributed by atoms with Crippen molar-refractivity contribution in [2.45, 2.75) is 37.4 Å². The minimum Gasteiger partial charge on any atom is -0.347 e. The van der Waals surface area contributed by atoms with E-state index in [1.54, 1.807) is 6.20 Å². The Morgan fingerprint density at radius 3 is 2.82 bits per heavy atom. The molecule has 22 heavy (non-hydrogen) atoms. The van der Waals surface area contributed by atoms with Crippen molar-refractivity contribution < 1.29 is 4.79 Å². The van der Waals surface area contributed by atoms with Crippen molar-refractivity contribution in [2.75, 3.05) is 0 Å². The number of benzene rings is 1. The maximum absolute atomic E-state index is 12.4. The topological polar surface area (TPSA) is 54.0 Å². The molecule has 114 valence electrons. The standard InChI is InChI=1S/C16H16BrN3OS/c17-10-3-1-9(2-4-10)16-18-8-14(22-16)15(21)20-13-7-11-5-6-12(13)19-11/h1-4,8,11-13,19H,5-7H2,(H,20,21)/t11-,12+,13-/m1/s1. The van der Waals surface area contributed by atoms with Crippen LogP contribution in [0.4, 0.5) is 0 Å². The molecule has 0 aliphatic carbocycles. The van der Waals surface area contributed by atoms with E-state index < -0.39 is 0 Å². The summed E-state index contributed by atoms with van der Waals surface area (Å²) in [4.78, 5) is 17.5. The fourth-order valence-electron chi connectivity index (χ4n) is 3.33. The number of aromatic nitrogens is 1. The molecule has 0 spiro atoms. The molecule has 1 aromatic heterocycles. The van der Waals surface area contributed by atoms with Crippen LogP contribution in [0.1, 0.15) is 28.9 Å². The molecule has 1 amide bonds. The van der Waals surface area contributed by atoms with Gasteiger partial charge in [-0.15, -0.1) is 11.3 Å². The Morgan fingerprint density at radius 1 is 1.32 bits per heavy atom. The van der Waals surface area contributed by atoms with Crippen LogP contribution in [0.5, 0.6) is 0 Å². The summed E-state index contributed by atoms with van der Waals surface area (Å²) in [6.45, 7) is 0. The number of amides is 1. The van der Waals surface area contributed by atoms with Gasteiger partial charge in [-0.1, -0.05) is 28.1 Å². The Balaban J connectivity index is 1.46. The monoisotopic (exact) mass is 377 g/mol. The van der Waals surface area contributed by atoms with Gasteiger partial charge in [-0.3, -0.25) is 4.79 Å². The summed E-state index contributed by atoms with van der Waals surface area (Å²) in [5.41, 5.74) is 1.04. The van der Waals surface area contributed by atoms with E-state index in [0.29, 0.717) is 17.0 Å². The Bertz CT molecular complexity index is 700. The molecule has 6 heteroatoms. The van der Waals surface area contributed by atoms with Crippen LogP contribution in [0.2, 0.25) is 0 Å². The average Bonchev–Trinajstić information content (AvgIpc) is 3.24. The zero-order chi connectivity index (χ0) is 15.1. The molecule has 2 N–H and O–H groups in total. The molecule has 3 heterocycles. The van der Waals surface area contributed by atoms with Crippen LogP contribution in [0.3, 0.4) is 0 Å². The highest BCUT2D eigenvalue weighted by Gasteiger charge is 2.39. The predicted octanol–water partition coefficient (Wildman–Crippen LogP) is 3.20. The van der Waals surface area contributed by atoms with E-state index in [0.717, 1.165) is 21.5 Å². The lowest BCUT2D eigenvalue weighted by Gasteiger charge is -2.20. The molecule has 0 unspecified atom stereocenters. The van der Waals surface area contributed by atoms with Gasteiger partial charge in [0.25, 0.3) is 5.91 Å². The summed E-state index contributed by atoms with van der Waals surface area (Å²) in [5, 5.41) is 7.58. The lowest BCUT2D eigenvalue weighted by molar-refractivity contribution is 0.0935. The zero-order valence-corrected chi connectivity index (χ0v) is 14.3. The second-order valence-electron chi connectivity index (χ2n) is 5.90. The normalized spacial score (nSPS) is 26.3. The number of halogens is 1. The van der Waals surface area contributed by atoms with Crippen LogP contribution in [0.25, 0.3) is 10.6 Å². The number of rotatable bonds is 3. The van der Waals surface area contributed by atoms with Gasteiger partial charge in [-0.2, -0.15) is 0 Å². The highest BCUT2D eigenvalue weighted by atomic mass is 79.9. The van der Waals surface area contributed by atoms with E-state index in [-0.39, 0.29) is 11.9 Å². The van der Waals surface area contributed by atoms with Gasteiger partial charge < -0.3 is 10.6 Å². The third kappa shape index (κ3) is 2.71. The van der Waals surface area contributed by atoms with Crippen molar-refractivity contribution in [1.29, 1.82) is 0 Å². The van der Waals surface area contributed by atoms with Crippen molar-refractivity contribution in [3.8, 4) is 10.6 Å². The summed E-state index contributed by atoms with van der Waals surface area (Å²) in [5.74, 6) is 0.000196. The Morgan fingerprint density at radius 2 is 2.14 bits per heavy atom. The van der Waals surface area contributed by atoms with Gasteiger partial charge in [0.2, 0.25) is 0 Å². The van der Waals surface area contributed by atoms with Crippen LogP contribution in [0, 0.1) is 0 Å². The molecule has 2 bridgehead atoms. The van der Waals surface area contributed by atoms with Gasteiger partial charge in [-0.05, 0) is 31.4 Å². The van der Waals surface area contributed by atoms with Crippen molar-refractivity contribution in [2.24, 2.45) is 0 Å². The third-order valence-corrected chi connectivity index (χ3v) is 6.01. The molecule has 3 atom stereocenters. The first-order valence-electron chi connectivity index (χ1n) is 7.48. The number of carbonyl (C=O) groups excluding carboxylic acids is 1. The van der Waals surface area contributed by atoms with Crippen LogP contribution < -0.4 is 10.6 Å². The Kier molecular flexibility index (Phi) is 3.76. The van der Waals surface area contributed by atoms with E-state index in [2.05, 4.69) is 31.5 Å². The maximum Gasteiger partial charge on any atom is 0.263 e. The molecule has 0 saturated carbocycles. The fraction of sp³-hybridized carbons (Fsp3) is 0.375. The fourth-order valence-corrected chi connectivity index (χ4v) is 4.42. The summed E-state index contributed by atoms with van der Waals surface area (Å²) >= 11 is 4.87. The molecular weight excluding hydrogens is 362 g/mol.